The number of para-hydroxylation sites is 1. The van der Waals surface area contributed by atoms with Crippen molar-refractivity contribution in [3.8, 4) is 0 Å². The molecular weight excluding hydrogens is 270 g/mol. The number of aliphatic hydroxyl groups is 1. The highest BCUT2D eigenvalue weighted by atomic mass is 79.9. The van der Waals surface area contributed by atoms with Crippen molar-refractivity contribution in [3.63, 3.8) is 0 Å². The van der Waals surface area contributed by atoms with E-state index in [1.54, 1.807) is 11.9 Å². The van der Waals surface area contributed by atoms with Crippen LogP contribution < -0.4 is 4.90 Å². The lowest BCUT2D eigenvalue weighted by atomic mass is 10.1. The van der Waals surface area contributed by atoms with Crippen LogP contribution in [0.2, 0.25) is 0 Å². The molecule has 2 rings (SSSR count). The fraction of sp³-hybridized carbons (Fsp3) is 0.417. The number of carbonyl (C=O) groups excluding carboxylic acids is 1. The van der Waals surface area contributed by atoms with Crippen LogP contribution in [0.25, 0.3) is 0 Å². The minimum absolute atomic E-state index is 0.00176. The fourth-order valence-electron chi connectivity index (χ4n) is 1.78. The van der Waals surface area contributed by atoms with Gasteiger partial charge in [0.05, 0.1) is 17.7 Å². The number of anilines is 1. The lowest BCUT2D eigenvalue weighted by molar-refractivity contribution is -0.124. The third kappa shape index (κ3) is 1.87. The van der Waals surface area contributed by atoms with Crippen molar-refractivity contribution in [3.05, 3.63) is 28.7 Å². The molecule has 4 heteroatoms. The van der Waals surface area contributed by atoms with Gasteiger partial charge in [-0.2, -0.15) is 0 Å². The SMILES string of the molecule is CN(C(=O)C1(CO)CC1)c1ccccc1Br. The van der Waals surface area contributed by atoms with Crippen molar-refractivity contribution in [1.29, 1.82) is 0 Å². The summed E-state index contributed by atoms with van der Waals surface area (Å²) in [6, 6.07) is 7.58. The molecule has 0 bridgehead atoms. The van der Waals surface area contributed by atoms with Gasteiger partial charge >= 0.3 is 0 Å². The molecule has 1 saturated carbocycles. The second-order valence-corrected chi connectivity index (χ2v) is 5.11. The highest BCUT2D eigenvalue weighted by Gasteiger charge is 2.51. The molecule has 0 atom stereocenters. The van der Waals surface area contributed by atoms with Gasteiger partial charge in [-0.25, -0.2) is 0 Å². The monoisotopic (exact) mass is 283 g/mol. The molecule has 1 N–H and O–H groups in total. The van der Waals surface area contributed by atoms with Crippen molar-refractivity contribution in [1.82, 2.24) is 0 Å². The molecule has 0 aliphatic heterocycles. The first kappa shape index (κ1) is 11.6. The van der Waals surface area contributed by atoms with Crippen molar-refractivity contribution in [2.45, 2.75) is 12.8 Å². The van der Waals surface area contributed by atoms with Crippen LogP contribution in [0.3, 0.4) is 0 Å². The van der Waals surface area contributed by atoms with Crippen LogP contribution >= 0.6 is 15.9 Å². The molecule has 16 heavy (non-hydrogen) atoms. The van der Waals surface area contributed by atoms with E-state index in [9.17, 15) is 9.90 Å². The Morgan fingerprint density at radius 2 is 2.12 bits per heavy atom. The average molecular weight is 284 g/mol. The number of rotatable bonds is 3. The molecule has 0 saturated heterocycles. The van der Waals surface area contributed by atoms with Crippen molar-refractivity contribution >= 4 is 27.5 Å². The van der Waals surface area contributed by atoms with Crippen LogP contribution in [0.5, 0.6) is 0 Å². The fourth-order valence-corrected chi connectivity index (χ4v) is 2.33. The molecule has 1 amide bonds. The van der Waals surface area contributed by atoms with Gasteiger partial charge in [-0.1, -0.05) is 12.1 Å². The molecule has 86 valence electrons. The highest BCUT2D eigenvalue weighted by molar-refractivity contribution is 9.10. The molecule has 0 spiro atoms. The van der Waals surface area contributed by atoms with E-state index in [0.29, 0.717) is 0 Å². The van der Waals surface area contributed by atoms with Crippen LogP contribution in [0.15, 0.2) is 28.7 Å². The van der Waals surface area contributed by atoms with Crippen LogP contribution in [-0.2, 0) is 4.79 Å². The van der Waals surface area contributed by atoms with Crippen molar-refractivity contribution in [2.75, 3.05) is 18.6 Å². The number of carbonyl (C=O) groups is 1. The van der Waals surface area contributed by atoms with Gasteiger partial charge in [0.1, 0.15) is 0 Å². The van der Waals surface area contributed by atoms with Gasteiger partial charge in [-0.3, -0.25) is 4.79 Å². The maximum atomic E-state index is 12.2. The minimum Gasteiger partial charge on any atom is -0.395 e. The van der Waals surface area contributed by atoms with E-state index in [1.165, 1.54) is 0 Å². The molecule has 1 aliphatic carbocycles. The molecule has 1 aliphatic rings. The maximum Gasteiger partial charge on any atom is 0.235 e. The smallest absolute Gasteiger partial charge is 0.235 e. The molecule has 0 radical (unpaired) electrons. The number of aliphatic hydroxyl groups excluding tert-OH is 1. The van der Waals surface area contributed by atoms with Crippen LogP contribution in [0.1, 0.15) is 12.8 Å². The topological polar surface area (TPSA) is 40.5 Å². The molecule has 0 aromatic heterocycles. The Kier molecular flexibility index (Phi) is 3.04. The Morgan fingerprint density at radius 1 is 1.50 bits per heavy atom. The number of halogens is 1. The van der Waals surface area contributed by atoms with Gasteiger partial charge in [0, 0.05) is 11.5 Å². The van der Waals surface area contributed by atoms with E-state index < -0.39 is 5.41 Å². The Morgan fingerprint density at radius 3 is 2.62 bits per heavy atom. The Bertz CT molecular complexity index is 415. The number of hydrogen-bond acceptors (Lipinski definition) is 2. The summed E-state index contributed by atoms with van der Waals surface area (Å²) in [5, 5.41) is 9.23. The lowest BCUT2D eigenvalue weighted by Gasteiger charge is -2.23. The lowest BCUT2D eigenvalue weighted by Crippen LogP contribution is -2.36. The standard InChI is InChI=1S/C12H14BrNO2/c1-14(10-5-3-2-4-9(10)13)11(16)12(8-15)6-7-12/h2-5,15H,6-8H2,1H3. The van der Waals surface area contributed by atoms with E-state index in [2.05, 4.69) is 15.9 Å². The predicted octanol–water partition coefficient (Wildman–Crippen LogP) is 2.18. The van der Waals surface area contributed by atoms with Crippen molar-refractivity contribution < 1.29 is 9.90 Å². The van der Waals surface area contributed by atoms with Gasteiger partial charge in [-0.05, 0) is 40.9 Å². The van der Waals surface area contributed by atoms with Gasteiger partial charge in [0.15, 0.2) is 0 Å². The van der Waals surface area contributed by atoms with Gasteiger partial charge in [0.25, 0.3) is 0 Å². The second-order valence-electron chi connectivity index (χ2n) is 4.25. The molecular formula is C12H14BrNO2. The van der Waals surface area contributed by atoms with Gasteiger partial charge in [0.2, 0.25) is 5.91 Å². The van der Waals surface area contributed by atoms with E-state index >= 15 is 0 Å². The molecule has 0 heterocycles. The zero-order chi connectivity index (χ0) is 11.8. The Balaban J connectivity index is 2.23. The quantitative estimate of drug-likeness (QED) is 0.924. The summed E-state index contributed by atoms with van der Waals surface area (Å²) in [5.41, 5.74) is 0.330. The number of hydrogen-bond donors (Lipinski definition) is 1. The zero-order valence-electron chi connectivity index (χ0n) is 9.11. The third-order valence-electron chi connectivity index (χ3n) is 3.13. The van der Waals surface area contributed by atoms with Crippen molar-refractivity contribution in [2.24, 2.45) is 5.41 Å². The Hall–Kier alpha value is -0.870. The zero-order valence-corrected chi connectivity index (χ0v) is 10.7. The van der Waals surface area contributed by atoms with E-state index in [0.717, 1.165) is 23.0 Å². The largest absolute Gasteiger partial charge is 0.395 e. The molecule has 0 unspecified atom stereocenters. The molecule has 1 fully saturated rings. The van der Waals surface area contributed by atoms with Gasteiger partial charge in [-0.15, -0.1) is 0 Å². The first-order valence-electron chi connectivity index (χ1n) is 5.24. The number of amides is 1. The highest BCUT2D eigenvalue weighted by Crippen LogP contribution is 2.47. The molecule has 1 aromatic rings. The maximum absolute atomic E-state index is 12.2. The van der Waals surface area contributed by atoms with E-state index in [1.807, 2.05) is 24.3 Å². The molecule has 1 aromatic carbocycles. The summed E-state index contributed by atoms with van der Waals surface area (Å²) in [4.78, 5) is 13.8. The first-order valence-corrected chi connectivity index (χ1v) is 6.03. The number of nitrogens with zero attached hydrogens (tertiary/aromatic N) is 1. The summed E-state index contributed by atoms with van der Waals surface area (Å²) < 4.78 is 0.889. The van der Waals surface area contributed by atoms with Crippen LogP contribution in [-0.4, -0.2) is 24.7 Å². The van der Waals surface area contributed by atoms with E-state index in [-0.39, 0.29) is 12.5 Å². The summed E-state index contributed by atoms with van der Waals surface area (Å²) in [6.45, 7) is -0.0549. The summed E-state index contributed by atoms with van der Waals surface area (Å²) >= 11 is 3.42. The van der Waals surface area contributed by atoms with Crippen LogP contribution in [0, 0.1) is 5.41 Å². The summed E-state index contributed by atoms with van der Waals surface area (Å²) in [7, 11) is 1.75. The second kappa shape index (κ2) is 4.18. The summed E-state index contributed by atoms with van der Waals surface area (Å²) in [6.07, 6.45) is 1.58. The van der Waals surface area contributed by atoms with Crippen LogP contribution in [0.4, 0.5) is 5.69 Å². The number of benzene rings is 1. The predicted molar refractivity (Wildman–Crippen MR) is 66.3 cm³/mol. The Labute approximate surface area is 103 Å². The first-order chi connectivity index (χ1) is 7.60. The van der Waals surface area contributed by atoms with Gasteiger partial charge < -0.3 is 10.0 Å². The average Bonchev–Trinajstić information content (AvgIpc) is 3.09. The van der Waals surface area contributed by atoms with E-state index in [4.69, 9.17) is 0 Å². The molecule has 3 nitrogen and oxygen atoms in total. The third-order valence-corrected chi connectivity index (χ3v) is 3.80. The normalized spacial score (nSPS) is 16.9. The minimum atomic E-state index is -0.510. The summed E-state index contributed by atoms with van der Waals surface area (Å²) in [5.74, 6) is 0.00176.